The van der Waals surface area contributed by atoms with Gasteiger partial charge in [-0.25, -0.2) is 0 Å². The number of hydrogen-bond acceptors (Lipinski definition) is 4. The molecule has 0 spiro atoms. The summed E-state index contributed by atoms with van der Waals surface area (Å²) in [6.07, 6.45) is 5.14. The second-order valence-corrected chi connectivity index (χ2v) is 6.97. The first kappa shape index (κ1) is 13.6. The van der Waals surface area contributed by atoms with Gasteiger partial charge in [-0.3, -0.25) is 0 Å². The highest BCUT2D eigenvalue weighted by Crippen LogP contribution is 2.44. The minimum Gasteiger partial charge on any atom is -0.389 e. The lowest BCUT2D eigenvalue weighted by Crippen LogP contribution is -2.40. The van der Waals surface area contributed by atoms with Gasteiger partial charge >= 0.3 is 0 Å². The number of thiophene rings is 1. The topological polar surface area (TPSA) is 41.5 Å². The van der Waals surface area contributed by atoms with Gasteiger partial charge in [-0.1, -0.05) is 12.5 Å². The van der Waals surface area contributed by atoms with E-state index in [-0.39, 0.29) is 6.10 Å². The number of nitrogens with one attached hydrogen (secondary N) is 1. The fourth-order valence-corrected chi connectivity index (χ4v) is 4.17. The van der Waals surface area contributed by atoms with Gasteiger partial charge < -0.3 is 15.2 Å². The summed E-state index contributed by atoms with van der Waals surface area (Å²) >= 11 is 1.69. The Balaban J connectivity index is 1.30. The fourth-order valence-electron chi connectivity index (χ4n) is 3.53. The second kappa shape index (κ2) is 6.35. The second-order valence-electron chi connectivity index (χ2n) is 5.94. The van der Waals surface area contributed by atoms with Crippen molar-refractivity contribution in [1.29, 1.82) is 0 Å². The summed E-state index contributed by atoms with van der Waals surface area (Å²) in [6.45, 7) is 1.70. The van der Waals surface area contributed by atoms with Gasteiger partial charge in [0.25, 0.3) is 0 Å². The van der Waals surface area contributed by atoms with Crippen LogP contribution in [0.1, 0.15) is 30.6 Å². The predicted molar refractivity (Wildman–Crippen MR) is 77.2 cm³/mol. The maximum Gasteiger partial charge on any atom is 0.0897 e. The van der Waals surface area contributed by atoms with E-state index in [9.17, 15) is 5.11 Å². The molecule has 3 rings (SSSR count). The van der Waals surface area contributed by atoms with Crippen LogP contribution in [-0.4, -0.2) is 30.4 Å². The molecule has 2 N–H and O–H groups in total. The van der Waals surface area contributed by atoms with Gasteiger partial charge in [0.15, 0.2) is 0 Å². The molecule has 106 valence electrons. The first-order chi connectivity index (χ1) is 9.31. The Labute approximate surface area is 119 Å². The molecule has 4 heteroatoms. The van der Waals surface area contributed by atoms with Crippen LogP contribution in [0.25, 0.3) is 0 Å². The summed E-state index contributed by atoms with van der Waals surface area (Å²) in [5.74, 6) is 1.82. The summed E-state index contributed by atoms with van der Waals surface area (Å²) in [5, 5.41) is 15.5. The third-order valence-corrected chi connectivity index (χ3v) is 5.34. The van der Waals surface area contributed by atoms with E-state index in [1.807, 2.05) is 11.4 Å². The standard InChI is InChI=1S/C15H23NO2S/c17-13(9-18-10-14-2-1-5-19-14)8-16-15-7-11-3-4-12(15)6-11/h1-2,5,11-13,15-17H,3-4,6-10H2. The maximum absolute atomic E-state index is 9.92. The third-order valence-electron chi connectivity index (χ3n) is 4.49. The SMILES string of the molecule is OC(CNC1CC2CCC1C2)COCc1cccs1. The van der Waals surface area contributed by atoms with E-state index in [1.165, 1.54) is 30.6 Å². The van der Waals surface area contributed by atoms with E-state index >= 15 is 0 Å². The Morgan fingerprint density at radius 2 is 2.37 bits per heavy atom. The first-order valence-electron chi connectivity index (χ1n) is 7.33. The predicted octanol–water partition coefficient (Wildman–Crippen LogP) is 2.40. The molecular formula is C15H23NO2S. The van der Waals surface area contributed by atoms with Crippen molar-refractivity contribution in [3.63, 3.8) is 0 Å². The molecule has 1 aromatic heterocycles. The lowest BCUT2D eigenvalue weighted by molar-refractivity contribution is 0.0277. The van der Waals surface area contributed by atoms with Crippen LogP contribution in [0.2, 0.25) is 0 Å². The number of rotatable bonds is 7. The number of fused-ring (bicyclic) bond motifs is 2. The molecule has 4 atom stereocenters. The van der Waals surface area contributed by atoms with Crippen molar-refractivity contribution < 1.29 is 9.84 Å². The number of ether oxygens (including phenoxy) is 1. The van der Waals surface area contributed by atoms with Crippen LogP contribution in [0.3, 0.4) is 0 Å². The van der Waals surface area contributed by atoms with E-state index in [1.54, 1.807) is 11.3 Å². The zero-order chi connectivity index (χ0) is 13.1. The van der Waals surface area contributed by atoms with Crippen LogP contribution in [0, 0.1) is 11.8 Å². The van der Waals surface area contributed by atoms with Crippen LogP contribution in [-0.2, 0) is 11.3 Å². The summed E-state index contributed by atoms with van der Waals surface area (Å²) in [7, 11) is 0. The van der Waals surface area contributed by atoms with E-state index in [0.717, 1.165) is 11.8 Å². The average molecular weight is 281 g/mol. The molecule has 2 fully saturated rings. The number of aliphatic hydroxyl groups excluding tert-OH is 1. The highest BCUT2D eigenvalue weighted by molar-refractivity contribution is 7.09. The largest absolute Gasteiger partial charge is 0.389 e. The van der Waals surface area contributed by atoms with E-state index in [2.05, 4.69) is 11.4 Å². The summed E-state index contributed by atoms with van der Waals surface area (Å²) < 4.78 is 5.54. The van der Waals surface area contributed by atoms with Gasteiger partial charge in [-0.05, 0) is 42.5 Å². The molecule has 0 saturated heterocycles. The maximum atomic E-state index is 9.92. The smallest absolute Gasteiger partial charge is 0.0897 e. The Morgan fingerprint density at radius 3 is 3.05 bits per heavy atom. The molecule has 2 aliphatic rings. The van der Waals surface area contributed by atoms with Crippen LogP contribution >= 0.6 is 11.3 Å². The van der Waals surface area contributed by atoms with Crippen LogP contribution in [0.15, 0.2) is 17.5 Å². The molecule has 1 heterocycles. The fraction of sp³-hybridized carbons (Fsp3) is 0.733. The molecule has 0 aliphatic heterocycles. The molecule has 0 amide bonds. The van der Waals surface area contributed by atoms with Crippen molar-refractivity contribution in [2.45, 2.75) is 44.4 Å². The Kier molecular flexibility index (Phi) is 4.53. The van der Waals surface area contributed by atoms with Gasteiger partial charge in [0.1, 0.15) is 0 Å². The molecule has 0 radical (unpaired) electrons. The molecule has 2 saturated carbocycles. The lowest BCUT2D eigenvalue weighted by atomic mass is 9.95. The van der Waals surface area contributed by atoms with Gasteiger partial charge in [0, 0.05) is 17.5 Å². The van der Waals surface area contributed by atoms with Crippen LogP contribution in [0.5, 0.6) is 0 Å². The molecule has 19 heavy (non-hydrogen) atoms. The van der Waals surface area contributed by atoms with Crippen LogP contribution in [0.4, 0.5) is 0 Å². The number of aliphatic hydroxyl groups is 1. The molecule has 3 nitrogen and oxygen atoms in total. The molecule has 2 aliphatic carbocycles. The van der Waals surface area contributed by atoms with Gasteiger partial charge in [-0.2, -0.15) is 0 Å². The van der Waals surface area contributed by atoms with Crippen LogP contribution < -0.4 is 5.32 Å². The Bertz CT molecular complexity index is 382. The molecular weight excluding hydrogens is 258 g/mol. The summed E-state index contributed by atoms with van der Waals surface area (Å²) in [5.41, 5.74) is 0. The zero-order valence-corrected chi connectivity index (χ0v) is 12.1. The van der Waals surface area contributed by atoms with E-state index in [0.29, 0.717) is 25.8 Å². The van der Waals surface area contributed by atoms with Crippen molar-refractivity contribution in [3.05, 3.63) is 22.4 Å². The number of hydrogen-bond donors (Lipinski definition) is 2. The molecule has 1 aromatic rings. The van der Waals surface area contributed by atoms with Crippen molar-refractivity contribution in [2.24, 2.45) is 11.8 Å². The minimum absolute atomic E-state index is 0.390. The van der Waals surface area contributed by atoms with Crippen molar-refractivity contribution in [3.8, 4) is 0 Å². The lowest BCUT2D eigenvalue weighted by Gasteiger charge is -2.24. The highest BCUT2D eigenvalue weighted by Gasteiger charge is 2.39. The Morgan fingerprint density at radius 1 is 1.42 bits per heavy atom. The molecule has 2 bridgehead atoms. The van der Waals surface area contributed by atoms with Gasteiger partial charge in [0.05, 0.1) is 19.3 Å². The zero-order valence-electron chi connectivity index (χ0n) is 11.3. The van der Waals surface area contributed by atoms with Gasteiger partial charge in [0.2, 0.25) is 0 Å². The average Bonchev–Trinajstić information content (AvgIpc) is 3.13. The van der Waals surface area contributed by atoms with E-state index in [4.69, 9.17) is 4.74 Å². The first-order valence-corrected chi connectivity index (χ1v) is 8.21. The minimum atomic E-state index is -0.390. The summed E-state index contributed by atoms with van der Waals surface area (Å²) in [6, 6.07) is 4.73. The normalized spacial score (nSPS) is 30.9. The summed E-state index contributed by atoms with van der Waals surface area (Å²) in [4.78, 5) is 1.22. The van der Waals surface area contributed by atoms with Crippen molar-refractivity contribution in [1.82, 2.24) is 5.32 Å². The monoisotopic (exact) mass is 281 g/mol. The van der Waals surface area contributed by atoms with Crippen molar-refractivity contribution in [2.75, 3.05) is 13.2 Å². The van der Waals surface area contributed by atoms with Gasteiger partial charge in [-0.15, -0.1) is 11.3 Å². The quantitative estimate of drug-likeness (QED) is 0.806. The molecule has 0 aromatic carbocycles. The van der Waals surface area contributed by atoms with Crippen molar-refractivity contribution >= 4 is 11.3 Å². The molecule has 4 unspecified atom stereocenters. The Hall–Kier alpha value is -0.420. The third kappa shape index (κ3) is 3.57. The highest BCUT2D eigenvalue weighted by atomic mass is 32.1. The van der Waals surface area contributed by atoms with E-state index < -0.39 is 0 Å².